The molecule has 0 spiro atoms. The number of hydrogen-bond acceptors (Lipinski definition) is 1. The number of allylic oxidation sites excluding steroid dienone is 3. The largest absolute Gasteiger partial charge is 0.386 e. The van der Waals surface area contributed by atoms with Gasteiger partial charge in [-0.15, -0.1) is 6.58 Å². The second kappa shape index (κ2) is 13.4. The van der Waals surface area contributed by atoms with Crippen LogP contribution in [-0.4, -0.2) is 10.7 Å². The van der Waals surface area contributed by atoms with Crippen LogP contribution in [0.15, 0.2) is 37.0 Å². The van der Waals surface area contributed by atoms with Gasteiger partial charge in [-0.2, -0.15) is 0 Å². The molecule has 0 fully saturated rings. The maximum Gasteiger partial charge on any atom is 0.0799 e. The van der Waals surface area contributed by atoms with Gasteiger partial charge in [-0.25, -0.2) is 0 Å². The molecule has 0 aliphatic rings. The molecule has 0 bridgehead atoms. The first-order chi connectivity index (χ1) is 12.1. The van der Waals surface area contributed by atoms with Crippen molar-refractivity contribution in [1.29, 1.82) is 0 Å². The molecule has 1 N–H and O–H groups in total. The standard InChI is InChI=1S/C25H46O/c1-9-22(6)15-16-24(23(7)14-10-12-20(2)3)17-19-25(8,26)18-11-13-21(4)5/h9,17,19-22,24,26H,1,7,10-16,18H2,2-6,8H3/b19-17+. The van der Waals surface area contributed by atoms with Gasteiger partial charge in [0, 0.05) is 0 Å². The lowest BCUT2D eigenvalue weighted by Gasteiger charge is -2.23. The van der Waals surface area contributed by atoms with Crippen LogP contribution in [-0.2, 0) is 0 Å². The first kappa shape index (κ1) is 25.2. The molecule has 0 heterocycles. The van der Waals surface area contributed by atoms with Crippen LogP contribution in [0, 0.1) is 23.7 Å². The summed E-state index contributed by atoms with van der Waals surface area (Å²) in [4.78, 5) is 0. The fraction of sp³-hybridized carbons (Fsp3) is 0.760. The van der Waals surface area contributed by atoms with Gasteiger partial charge in [0.05, 0.1) is 5.60 Å². The van der Waals surface area contributed by atoms with Crippen LogP contribution in [0.1, 0.15) is 92.9 Å². The minimum Gasteiger partial charge on any atom is -0.386 e. The lowest BCUT2D eigenvalue weighted by molar-refractivity contribution is 0.0969. The summed E-state index contributed by atoms with van der Waals surface area (Å²) in [5.41, 5.74) is 0.603. The van der Waals surface area contributed by atoms with E-state index in [1.54, 1.807) is 0 Å². The third-order valence-corrected chi connectivity index (χ3v) is 5.29. The molecule has 0 rings (SSSR count). The first-order valence-electron chi connectivity index (χ1n) is 10.8. The van der Waals surface area contributed by atoms with E-state index in [4.69, 9.17) is 0 Å². The van der Waals surface area contributed by atoms with Crippen molar-refractivity contribution in [2.45, 2.75) is 98.5 Å². The number of rotatable bonds is 15. The van der Waals surface area contributed by atoms with E-state index in [-0.39, 0.29) is 0 Å². The van der Waals surface area contributed by atoms with Crippen molar-refractivity contribution < 1.29 is 5.11 Å². The van der Waals surface area contributed by atoms with Gasteiger partial charge >= 0.3 is 0 Å². The molecule has 26 heavy (non-hydrogen) atoms. The minimum absolute atomic E-state index is 0.362. The number of aliphatic hydroxyl groups is 1. The van der Waals surface area contributed by atoms with Crippen LogP contribution in [0.4, 0.5) is 0 Å². The van der Waals surface area contributed by atoms with Crippen molar-refractivity contribution >= 4 is 0 Å². The molecule has 152 valence electrons. The second-order valence-electron chi connectivity index (χ2n) is 9.34. The molecule has 0 saturated heterocycles. The highest BCUT2D eigenvalue weighted by molar-refractivity contribution is 5.13. The van der Waals surface area contributed by atoms with E-state index in [9.17, 15) is 5.11 Å². The molecular formula is C25H46O. The molecule has 0 aromatic carbocycles. The average Bonchev–Trinajstić information content (AvgIpc) is 2.53. The lowest BCUT2D eigenvalue weighted by Crippen LogP contribution is -2.21. The van der Waals surface area contributed by atoms with Crippen LogP contribution < -0.4 is 0 Å². The predicted molar refractivity (Wildman–Crippen MR) is 118 cm³/mol. The predicted octanol–water partition coefficient (Wildman–Crippen LogP) is 7.72. The zero-order valence-electron chi connectivity index (χ0n) is 18.6. The van der Waals surface area contributed by atoms with Gasteiger partial charge in [-0.3, -0.25) is 0 Å². The fourth-order valence-corrected chi connectivity index (χ4v) is 3.19. The zero-order valence-corrected chi connectivity index (χ0v) is 18.6. The van der Waals surface area contributed by atoms with Gasteiger partial charge in [-0.05, 0) is 62.7 Å². The quantitative estimate of drug-likeness (QED) is 0.296. The normalized spacial score (nSPS) is 16.8. The maximum atomic E-state index is 10.7. The van der Waals surface area contributed by atoms with Crippen molar-refractivity contribution in [3.63, 3.8) is 0 Å². The van der Waals surface area contributed by atoms with Crippen molar-refractivity contribution in [2.24, 2.45) is 23.7 Å². The van der Waals surface area contributed by atoms with Crippen molar-refractivity contribution in [3.05, 3.63) is 37.0 Å². The molecule has 0 amide bonds. The Hall–Kier alpha value is -0.820. The van der Waals surface area contributed by atoms with Crippen LogP contribution in [0.2, 0.25) is 0 Å². The van der Waals surface area contributed by atoms with Gasteiger partial charge in [0.1, 0.15) is 0 Å². The Bertz CT molecular complexity index is 414. The van der Waals surface area contributed by atoms with Gasteiger partial charge in [0.2, 0.25) is 0 Å². The molecule has 3 unspecified atom stereocenters. The molecule has 1 heteroatoms. The molecule has 1 nitrogen and oxygen atoms in total. The molecule has 0 saturated carbocycles. The van der Waals surface area contributed by atoms with E-state index in [1.807, 2.05) is 19.1 Å². The molecule has 0 radical (unpaired) electrons. The van der Waals surface area contributed by atoms with E-state index >= 15 is 0 Å². The summed E-state index contributed by atoms with van der Waals surface area (Å²) in [6.07, 6.45) is 15.1. The van der Waals surface area contributed by atoms with E-state index in [1.165, 1.54) is 24.8 Å². The minimum atomic E-state index is -0.713. The Morgan fingerprint density at radius 2 is 1.54 bits per heavy atom. The Labute approximate surface area is 164 Å². The van der Waals surface area contributed by atoms with Crippen LogP contribution in [0.25, 0.3) is 0 Å². The zero-order chi connectivity index (χ0) is 20.2. The summed E-state index contributed by atoms with van der Waals surface area (Å²) in [5, 5.41) is 10.7. The summed E-state index contributed by atoms with van der Waals surface area (Å²) < 4.78 is 0. The fourth-order valence-electron chi connectivity index (χ4n) is 3.19. The van der Waals surface area contributed by atoms with Gasteiger partial charge < -0.3 is 5.11 Å². The van der Waals surface area contributed by atoms with Gasteiger partial charge in [0.15, 0.2) is 0 Å². The highest BCUT2D eigenvalue weighted by atomic mass is 16.3. The maximum absolute atomic E-state index is 10.7. The highest BCUT2D eigenvalue weighted by Gasteiger charge is 2.18. The Morgan fingerprint density at radius 1 is 0.962 bits per heavy atom. The van der Waals surface area contributed by atoms with Crippen LogP contribution >= 0.6 is 0 Å². The Kier molecular flexibility index (Phi) is 12.9. The van der Waals surface area contributed by atoms with E-state index in [0.717, 1.165) is 38.0 Å². The summed E-state index contributed by atoms with van der Waals surface area (Å²) in [6, 6.07) is 0. The van der Waals surface area contributed by atoms with Crippen LogP contribution in [0.3, 0.4) is 0 Å². The molecule has 3 atom stereocenters. The lowest BCUT2D eigenvalue weighted by atomic mass is 9.86. The van der Waals surface area contributed by atoms with E-state index in [2.05, 4.69) is 53.9 Å². The van der Waals surface area contributed by atoms with E-state index < -0.39 is 5.60 Å². The van der Waals surface area contributed by atoms with Crippen LogP contribution in [0.5, 0.6) is 0 Å². The van der Waals surface area contributed by atoms with Crippen molar-refractivity contribution in [2.75, 3.05) is 0 Å². The SMILES string of the molecule is C=CC(C)CCC(/C=C/C(C)(O)CCCC(C)C)C(=C)CCCC(C)C. The van der Waals surface area contributed by atoms with Crippen molar-refractivity contribution in [1.82, 2.24) is 0 Å². The summed E-state index contributed by atoms with van der Waals surface area (Å²) in [6.45, 7) is 21.5. The Morgan fingerprint density at radius 3 is 2.08 bits per heavy atom. The molecule has 0 aliphatic heterocycles. The monoisotopic (exact) mass is 362 g/mol. The Balaban J connectivity index is 4.79. The van der Waals surface area contributed by atoms with E-state index in [0.29, 0.717) is 17.8 Å². The smallest absolute Gasteiger partial charge is 0.0799 e. The number of hydrogen-bond donors (Lipinski definition) is 1. The average molecular weight is 363 g/mol. The summed E-state index contributed by atoms with van der Waals surface area (Å²) >= 11 is 0. The summed E-state index contributed by atoms with van der Waals surface area (Å²) in [5.74, 6) is 2.34. The molecule has 0 aromatic heterocycles. The second-order valence-corrected chi connectivity index (χ2v) is 9.34. The topological polar surface area (TPSA) is 20.2 Å². The third-order valence-electron chi connectivity index (χ3n) is 5.29. The molecule has 0 aliphatic carbocycles. The van der Waals surface area contributed by atoms with Gasteiger partial charge in [0.25, 0.3) is 0 Å². The first-order valence-corrected chi connectivity index (χ1v) is 10.8. The van der Waals surface area contributed by atoms with Crippen molar-refractivity contribution in [3.8, 4) is 0 Å². The third kappa shape index (κ3) is 13.4. The molecule has 0 aromatic rings. The highest BCUT2D eigenvalue weighted by Crippen LogP contribution is 2.27. The molecular weight excluding hydrogens is 316 g/mol. The summed E-state index contributed by atoms with van der Waals surface area (Å²) in [7, 11) is 0. The van der Waals surface area contributed by atoms with Gasteiger partial charge in [-0.1, -0.05) is 84.3 Å².